The molecule has 3 rings (SSSR count). The number of carbonyl (C=O) groups is 3. The van der Waals surface area contributed by atoms with Crippen LogP contribution in [-0.4, -0.2) is 30.3 Å². The zero-order valence-corrected chi connectivity index (χ0v) is 14.4. The Bertz CT molecular complexity index is 803. The maximum atomic E-state index is 12.4. The van der Waals surface area contributed by atoms with Gasteiger partial charge in [-0.2, -0.15) is 0 Å². The molecule has 1 aliphatic rings. The van der Waals surface area contributed by atoms with Gasteiger partial charge in [-0.15, -0.1) is 0 Å². The van der Waals surface area contributed by atoms with Gasteiger partial charge in [0.25, 0.3) is 5.91 Å². The van der Waals surface area contributed by atoms with Crippen molar-refractivity contribution in [3.8, 4) is 0 Å². The number of nitrogens with two attached hydrogens (primary N) is 1. The number of rotatable bonds is 6. The summed E-state index contributed by atoms with van der Waals surface area (Å²) in [6, 6.07) is 15.4. The molecule has 0 radical (unpaired) electrons. The molecule has 1 atom stereocenters. The molecule has 0 aromatic heterocycles. The predicted molar refractivity (Wildman–Crippen MR) is 98.6 cm³/mol. The third-order valence-corrected chi connectivity index (χ3v) is 4.45. The van der Waals surface area contributed by atoms with Crippen molar-refractivity contribution in [2.24, 2.45) is 5.73 Å². The molecule has 2 aromatic rings. The van der Waals surface area contributed by atoms with Gasteiger partial charge in [-0.3, -0.25) is 14.4 Å². The summed E-state index contributed by atoms with van der Waals surface area (Å²) in [7, 11) is 0. The normalized spacial score (nSPS) is 14.9. The van der Waals surface area contributed by atoms with Gasteiger partial charge in [-0.05, 0) is 36.2 Å². The van der Waals surface area contributed by atoms with E-state index in [0.29, 0.717) is 24.9 Å². The van der Waals surface area contributed by atoms with Gasteiger partial charge in [0.05, 0.1) is 0 Å². The van der Waals surface area contributed by atoms with Gasteiger partial charge < -0.3 is 16.0 Å². The lowest BCUT2D eigenvalue weighted by Crippen LogP contribution is -2.45. The van der Waals surface area contributed by atoms with Crippen LogP contribution in [0.5, 0.6) is 0 Å². The number of carbonyl (C=O) groups excluding carboxylic acids is 3. The summed E-state index contributed by atoms with van der Waals surface area (Å²) in [5.41, 5.74) is 7.55. The van der Waals surface area contributed by atoms with Gasteiger partial charge in [0.15, 0.2) is 0 Å². The van der Waals surface area contributed by atoms with Crippen molar-refractivity contribution in [2.45, 2.75) is 25.3 Å². The lowest BCUT2D eigenvalue weighted by Gasteiger charge is -2.17. The highest BCUT2D eigenvalue weighted by molar-refractivity contribution is 5.99. The molecule has 3 amide bonds. The van der Waals surface area contributed by atoms with Crippen molar-refractivity contribution in [1.29, 1.82) is 0 Å². The minimum absolute atomic E-state index is 0.0962. The lowest BCUT2D eigenvalue weighted by atomic mass is 10.0. The predicted octanol–water partition coefficient (Wildman–Crippen LogP) is 1.64. The van der Waals surface area contributed by atoms with E-state index in [1.165, 1.54) is 0 Å². The average Bonchev–Trinajstić information content (AvgIpc) is 3.08. The molecule has 2 aromatic carbocycles. The van der Waals surface area contributed by atoms with E-state index in [0.717, 1.165) is 17.7 Å². The first-order chi connectivity index (χ1) is 12.5. The van der Waals surface area contributed by atoms with Crippen molar-refractivity contribution in [1.82, 2.24) is 5.32 Å². The molecular weight excluding hydrogens is 330 g/mol. The second-order valence-electron chi connectivity index (χ2n) is 6.31. The summed E-state index contributed by atoms with van der Waals surface area (Å²) < 4.78 is 0. The highest BCUT2D eigenvalue weighted by Crippen LogP contribution is 2.21. The van der Waals surface area contributed by atoms with Gasteiger partial charge in [-0.25, -0.2) is 0 Å². The summed E-state index contributed by atoms with van der Waals surface area (Å²) in [5.74, 6) is -0.857. The molecule has 6 heteroatoms. The molecule has 3 N–H and O–H groups in total. The van der Waals surface area contributed by atoms with Crippen molar-refractivity contribution >= 4 is 23.4 Å². The lowest BCUT2D eigenvalue weighted by molar-refractivity contribution is -0.120. The Kier molecular flexibility index (Phi) is 5.31. The molecule has 1 unspecified atom stereocenters. The van der Waals surface area contributed by atoms with Crippen LogP contribution in [0.4, 0.5) is 5.69 Å². The molecule has 6 nitrogen and oxygen atoms in total. The van der Waals surface area contributed by atoms with Crippen molar-refractivity contribution in [2.75, 3.05) is 11.4 Å². The molecule has 26 heavy (non-hydrogen) atoms. The highest BCUT2D eigenvalue weighted by atomic mass is 16.2. The highest BCUT2D eigenvalue weighted by Gasteiger charge is 2.23. The number of anilines is 1. The molecule has 1 aliphatic heterocycles. The van der Waals surface area contributed by atoms with Crippen LogP contribution in [0.15, 0.2) is 54.6 Å². The zero-order chi connectivity index (χ0) is 18.5. The fourth-order valence-electron chi connectivity index (χ4n) is 3.03. The van der Waals surface area contributed by atoms with Crippen LogP contribution in [0.25, 0.3) is 0 Å². The largest absolute Gasteiger partial charge is 0.368 e. The zero-order valence-electron chi connectivity index (χ0n) is 14.4. The van der Waals surface area contributed by atoms with Crippen LogP contribution in [0.1, 0.15) is 28.8 Å². The minimum Gasteiger partial charge on any atom is -0.368 e. The number of nitrogens with one attached hydrogen (secondary N) is 1. The number of primary amides is 1. The topological polar surface area (TPSA) is 92.5 Å². The Morgan fingerprint density at radius 3 is 2.35 bits per heavy atom. The van der Waals surface area contributed by atoms with E-state index in [1.807, 2.05) is 30.3 Å². The van der Waals surface area contributed by atoms with Crippen LogP contribution in [-0.2, 0) is 16.0 Å². The molecule has 134 valence electrons. The Labute approximate surface area is 152 Å². The van der Waals surface area contributed by atoms with E-state index < -0.39 is 11.9 Å². The fraction of sp³-hybridized carbons (Fsp3) is 0.250. The number of amides is 3. The summed E-state index contributed by atoms with van der Waals surface area (Å²) in [6.45, 7) is 0.700. The number of hydrogen-bond donors (Lipinski definition) is 2. The Morgan fingerprint density at radius 1 is 1.08 bits per heavy atom. The van der Waals surface area contributed by atoms with Crippen molar-refractivity contribution in [3.05, 3.63) is 65.7 Å². The summed E-state index contributed by atoms with van der Waals surface area (Å²) in [4.78, 5) is 37.6. The van der Waals surface area contributed by atoms with E-state index >= 15 is 0 Å². The summed E-state index contributed by atoms with van der Waals surface area (Å²) in [5, 5.41) is 2.68. The SMILES string of the molecule is NC(=O)C(Cc1ccccc1)NC(=O)c1ccc(N2CCCC2=O)cc1. The van der Waals surface area contributed by atoms with Gasteiger partial charge in [-0.1, -0.05) is 30.3 Å². The van der Waals surface area contributed by atoms with Crippen LogP contribution in [0, 0.1) is 0 Å². The summed E-state index contributed by atoms with van der Waals surface area (Å²) in [6.07, 6.45) is 1.74. The molecule has 1 fully saturated rings. The first-order valence-electron chi connectivity index (χ1n) is 8.59. The van der Waals surface area contributed by atoms with E-state index in [9.17, 15) is 14.4 Å². The van der Waals surface area contributed by atoms with Gasteiger partial charge in [0, 0.05) is 30.6 Å². The molecule has 0 aliphatic carbocycles. The van der Waals surface area contributed by atoms with Gasteiger partial charge in [0.2, 0.25) is 11.8 Å². The quantitative estimate of drug-likeness (QED) is 0.829. The van der Waals surface area contributed by atoms with Crippen LogP contribution >= 0.6 is 0 Å². The van der Waals surface area contributed by atoms with Gasteiger partial charge in [0.1, 0.15) is 6.04 Å². The average molecular weight is 351 g/mol. The molecule has 0 bridgehead atoms. The fourth-order valence-corrected chi connectivity index (χ4v) is 3.03. The monoisotopic (exact) mass is 351 g/mol. The maximum absolute atomic E-state index is 12.4. The molecular formula is C20H21N3O3. The number of hydrogen-bond acceptors (Lipinski definition) is 3. The molecule has 0 spiro atoms. The third-order valence-electron chi connectivity index (χ3n) is 4.45. The Balaban J connectivity index is 1.67. The van der Waals surface area contributed by atoms with E-state index in [4.69, 9.17) is 5.73 Å². The second-order valence-corrected chi connectivity index (χ2v) is 6.31. The van der Waals surface area contributed by atoms with Gasteiger partial charge >= 0.3 is 0 Å². The third kappa shape index (κ3) is 4.08. The number of nitrogens with zero attached hydrogens (tertiary/aromatic N) is 1. The Hall–Kier alpha value is -3.15. The summed E-state index contributed by atoms with van der Waals surface area (Å²) >= 11 is 0. The smallest absolute Gasteiger partial charge is 0.251 e. The Morgan fingerprint density at radius 2 is 1.77 bits per heavy atom. The first kappa shape index (κ1) is 17.7. The van der Waals surface area contributed by atoms with Crippen LogP contribution in [0.3, 0.4) is 0 Å². The minimum atomic E-state index is -0.787. The van der Waals surface area contributed by atoms with E-state index in [1.54, 1.807) is 29.2 Å². The van der Waals surface area contributed by atoms with Crippen LogP contribution in [0.2, 0.25) is 0 Å². The molecule has 0 saturated carbocycles. The van der Waals surface area contributed by atoms with Crippen LogP contribution < -0.4 is 16.0 Å². The molecule has 1 heterocycles. The maximum Gasteiger partial charge on any atom is 0.251 e. The standard InChI is InChI=1S/C20H21N3O3/c21-19(25)17(13-14-5-2-1-3-6-14)22-20(26)15-8-10-16(11-9-15)23-12-4-7-18(23)24/h1-3,5-6,8-11,17H,4,7,12-13H2,(H2,21,25)(H,22,26). The van der Waals surface area contributed by atoms with Crippen molar-refractivity contribution < 1.29 is 14.4 Å². The van der Waals surface area contributed by atoms with Crippen molar-refractivity contribution in [3.63, 3.8) is 0 Å². The van der Waals surface area contributed by atoms with E-state index in [2.05, 4.69) is 5.32 Å². The van der Waals surface area contributed by atoms with E-state index in [-0.39, 0.29) is 11.8 Å². The first-order valence-corrected chi connectivity index (χ1v) is 8.59. The molecule has 1 saturated heterocycles. The second kappa shape index (κ2) is 7.82. The number of benzene rings is 2.